The summed E-state index contributed by atoms with van der Waals surface area (Å²) >= 11 is 0. The summed E-state index contributed by atoms with van der Waals surface area (Å²) in [5, 5.41) is 14.2. The second-order valence-electron chi connectivity index (χ2n) is 8.53. The van der Waals surface area contributed by atoms with Crippen molar-refractivity contribution in [3.8, 4) is 5.69 Å². The van der Waals surface area contributed by atoms with E-state index >= 15 is 0 Å². The molecule has 5 nitrogen and oxygen atoms in total. The molecule has 0 saturated carbocycles. The standard InChI is InChI=1S/C25H26FN3O2/c1-17-13-22-19(16-27-29(22)21-11-9-20(26)10-12-21)14-25(17,2)15-23(28(3)24(30)31)18-7-5-4-6-8-18/h4-13,16,23H,14-15H2,1-3H3,(H,30,31). The second kappa shape index (κ2) is 8.02. The molecule has 0 spiro atoms. The zero-order valence-electron chi connectivity index (χ0n) is 17.9. The minimum atomic E-state index is -0.945. The molecule has 1 aliphatic carbocycles. The summed E-state index contributed by atoms with van der Waals surface area (Å²) in [6.07, 6.45) is 4.45. The van der Waals surface area contributed by atoms with E-state index in [0.717, 1.165) is 28.9 Å². The molecule has 3 aromatic rings. The third kappa shape index (κ3) is 3.98. The van der Waals surface area contributed by atoms with Gasteiger partial charge in [-0.15, -0.1) is 0 Å². The molecule has 0 radical (unpaired) electrons. The van der Waals surface area contributed by atoms with E-state index in [4.69, 9.17) is 0 Å². The second-order valence-corrected chi connectivity index (χ2v) is 8.53. The number of nitrogens with zero attached hydrogens (tertiary/aromatic N) is 3. The lowest BCUT2D eigenvalue weighted by atomic mass is 9.69. The van der Waals surface area contributed by atoms with Crippen molar-refractivity contribution in [1.82, 2.24) is 14.7 Å². The lowest BCUT2D eigenvalue weighted by molar-refractivity contribution is 0.123. The predicted octanol–water partition coefficient (Wildman–Crippen LogP) is 5.72. The number of hydrogen-bond acceptors (Lipinski definition) is 2. The Morgan fingerprint density at radius 1 is 1.23 bits per heavy atom. The maximum atomic E-state index is 13.3. The van der Waals surface area contributed by atoms with Crippen LogP contribution in [0.1, 0.15) is 43.1 Å². The Balaban J connectivity index is 1.68. The van der Waals surface area contributed by atoms with Crippen LogP contribution in [0.2, 0.25) is 0 Å². The highest BCUT2D eigenvalue weighted by Crippen LogP contribution is 2.45. The summed E-state index contributed by atoms with van der Waals surface area (Å²) in [5.74, 6) is -0.279. The van der Waals surface area contributed by atoms with E-state index in [-0.39, 0.29) is 17.3 Å². The van der Waals surface area contributed by atoms with Gasteiger partial charge >= 0.3 is 6.09 Å². The van der Waals surface area contributed by atoms with Gasteiger partial charge in [-0.2, -0.15) is 5.10 Å². The van der Waals surface area contributed by atoms with Crippen LogP contribution in [0, 0.1) is 11.2 Å². The van der Waals surface area contributed by atoms with E-state index in [1.54, 1.807) is 19.2 Å². The zero-order chi connectivity index (χ0) is 22.2. The number of hydrogen-bond donors (Lipinski definition) is 1. The van der Waals surface area contributed by atoms with E-state index in [2.05, 4.69) is 25.0 Å². The third-order valence-electron chi connectivity index (χ3n) is 6.44. The first kappa shape index (κ1) is 20.8. The van der Waals surface area contributed by atoms with Gasteiger partial charge in [0.05, 0.1) is 23.6 Å². The van der Waals surface area contributed by atoms with E-state index in [0.29, 0.717) is 6.42 Å². The van der Waals surface area contributed by atoms with Crippen molar-refractivity contribution in [2.45, 2.75) is 32.7 Å². The Morgan fingerprint density at radius 3 is 2.55 bits per heavy atom. The smallest absolute Gasteiger partial charge is 0.407 e. The van der Waals surface area contributed by atoms with Crippen LogP contribution in [-0.4, -0.2) is 32.9 Å². The van der Waals surface area contributed by atoms with Gasteiger partial charge in [-0.25, -0.2) is 13.9 Å². The van der Waals surface area contributed by atoms with Crippen LogP contribution in [0.5, 0.6) is 0 Å². The average Bonchev–Trinajstić information content (AvgIpc) is 3.15. The van der Waals surface area contributed by atoms with Gasteiger partial charge in [-0.1, -0.05) is 42.8 Å². The molecule has 4 rings (SSSR count). The summed E-state index contributed by atoms with van der Waals surface area (Å²) in [4.78, 5) is 13.2. The van der Waals surface area contributed by atoms with E-state index < -0.39 is 6.09 Å². The molecule has 2 aromatic carbocycles. The van der Waals surface area contributed by atoms with Gasteiger partial charge in [0, 0.05) is 7.05 Å². The topological polar surface area (TPSA) is 58.4 Å². The molecule has 2 atom stereocenters. The van der Waals surface area contributed by atoms with Crippen molar-refractivity contribution >= 4 is 12.2 Å². The van der Waals surface area contributed by atoms with Gasteiger partial charge in [0.25, 0.3) is 0 Å². The van der Waals surface area contributed by atoms with Crippen LogP contribution in [0.15, 0.2) is 66.4 Å². The summed E-state index contributed by atoms with van der Waals surface area (Å²) in [7, 11) is 1.63. The highest BCUT2D eigenvalue weighted by atomic mass is 19.1. The number of carbonyl (C=O) groups is 1. The molecule has 0 saturated heterocycles. The van der Waals surface area contributed by atoms with Crippen molar-refractivity contribution in [3.05, 3.63) is 89.0 Å². The van der Waals surface area contributed by atoms with Crippen molar-refractivity contribution in [2.24, 2.45) is 5.41 Å². The maximum absolute atomic E-state index is 13.3. The first-order valence-corrected chi connectivity index (χ1v) is 10.3. The fourth-order valence-corrected chi connectivity index (χ4v) is 4.36. The molecule has 0 aliphatic heterocycles. The molecule has 160 valence electrons. The number of halogens is 1. The Bertz CT molecular complexity index is 1120. The number of rotatable bonds is 5. The van der Waals surface area contributed by atoms with E-state index in [1.807, 2.05) is 41.2 Å². The first-order valence-electron chi connectivity index (χ1n) is 10.3. The molecule has 1 aromatic heterocycles. The molecule has 1 heterocycles. The molecule has 0 bridgehead atoms. The van der Waals surface area contributed by atoms with Crippen molar-refractivity contribution in [3.63, 3.8) is 0 Å². The largest absolute Gasteiger partial charge is 0.465 e. The van der Waals surface area contributed by atoms with Crippen LogP contribution in [0.3, 0.4) is 0 Å². The van der Waals surface area contributed by atoms with E-state index in [9.17, 15) is 14.3 Å². The van der Waals surface area contributed by atoms with E-state index in [1.165, 1.54) is 22.6 Å². The summed E-state index contributed by atoms with van der Waals surface area (Å²) < 4.78 is 15.2. The number of benzene rings is 2. The van der Waals surface area contributed by atoms with Gasteiger partial charge in [-0.05, 0) is 66.6 Å². The average molecular weight is 420 g/mol. The number of fused-ring (bicyclic) bond motifs is 1. The zero-order valence-corrected chi connectivity index (χ0v) is 17.9. The van der Waals surface area contributed by atoms with Crippen LogP contribution >= 0.6 is 0 Å². The number of amides is 1. The summed E-state index contributed by atoms with van der Waals surface area (Å²) in [6.45, 7) is 4.27. The Kier molecular flexibility index (Phi) is 5.39. The Morgan fingerprint density at radius 2 is 1.90 bits per heavy atom. The first-order chi connectivity index (χ1) is 14.8. The summed E-state index contributed by atoms with van der Waals surface area (Å²) in [5.41, 5.74) is 4.82. The van der Waals surface area contributed by atoms with Gasteiger partial charge in [0.1, 0.15) is 5.82 Å². The highest BCUT2D eigenvalue weighted by molar-refractivity contribution is 5.65. The monoisotopic (exact) mass is 419 g/mol. The lowest BCUT2D eigenvalue weighted by Crippen LogP contribution is -2.36. The minimum absolute atomic E-state index is 0.228. The summed E-state index contributed by atoms with van der Waals surface area (Å²) in [6, 6.07) is 15.8. The van der Waals surface area contributed by atoms with Crippen LogP contribution in [-0.2, 0) is 6.42 Å². The molecular weight excluding hydrogens is 393 g/mol. The fourth-order valence-electron chi connectivity index (χ4n) is 4.36. The molecule has 6 heteroatoms. The molecule has 1 aliphatic rings. The van der Waals surface area contributed by atoms with Gasteiger partial charge in [0.2, 0.25) is 0 Å². The Hall–Kier alpha value is -3.41. The van der Waals surface area contributed by atoms with Crippen LogP contribution in [0.4, 0.5) is 9.18 Å². The number of aromatic nitrogens is 2. The number of carboxylic acid groups (broad SMARTS) is 1. The van der Waals surface area contributed by atoms with Gasteiger partial charge in [-0.3, -0.25) is 0 Å². The fraction of sp³-hybridized carbons (Fsp3) is 0.280. The number of allylic oxidation sites excluding steroid dienone is 1. The third-order valence-corrected chi connectivity index (χ3v) is 6.44. The molecule has 31 heavy (non-hydrogen) atoms. The molecule has 1 N–H and O–H groups in total. The normalized spacial score (nSPS) is 18.8. The highest BCUT2D eigenvalue weighted by Gasteiger charge is 2.37. The quantitative estimate of drug-likeness (QED) is 0.576. The SMILES string of the molecule is CC1=Cc2c(cnn2-c2ccc(F)cc2)CC1(C)CC(c1ccccc1)N(C)C(=O)O. The maximum Gasteiger partial charge on any atom is 0.407 e. The van der Waals surface area contributed by atoms with Crippen molar-refractivity contribution in [1.29, 1.82) is 0 Å². The molecule has 1 amide bonds. The predicted molar refractivity (Wildman–Crippen MR) is 119 cm³/mol. The molecular formula is C25H26FN3O2. The minimum Gasteiger partial charge on any atom is -0.465 e. The van der Waals surface area contributed by atoms with Gasteiger partial charge in [0.15, 0.2) is 0 Å². The van der Waals surface area contributed by atoms with Crippen molar-refractivity contribution < 1.29 is 14.3 Å². The van der Waals surface area contributed by atoms with Gasteiger partial charge < -0.3 is 10.0 Å². The lowest BCUT2D eigenvalue weighted by Gasteiger charge is -2.39. The van der Waals surface area contributed by atoms with Crippen LogP contribution < -0.4 is 0 Å². The Labute approximate surface area is 181 Å². The molecule has 0 fully saturated rings. The molecule has 2 unspecified atom stereocenters. The van der Waals surface area contributed by atoms with Crippen molar-refractivity contribution in [2.75, 3.05) is 7.05 Å². The van der Waals surface area contributed by atoms with Crippen LogP contribution in [0.25, 0.3) is 11.8 Å².